The van der Waals surface area contributed by atoms with E-state index in [2.05, 4.69) is 34.1 Å². The molecule has 5 rings (SSSR count). The highest BCUT2D eigenvalue weighted by Gasteiger charge is 2.28. The van der Waals surface area contributed by atoms with Gasteiger partial charge in [0.25, 0.3) is 26.1 Å². The van der Waals surface area contributed by atoms with E-state index in [9.17, 15) is 69.5 Å². The molecule has 0 heterocycles. The van der Waals surface area contributed by atoms with E-state index in [0.29, 0.717) is 12.1 Å². The van der Waals surface area contributed by atoms with Gasteiger partial charge in [0.1, 0.15) is 21.2 Å². The van der Waals surface area contributed by atoms with Crippen LogP contribution < -0.4 is 11.1 Å². The Morgan fingerprint density at radius 1 is 0.585 bits per heavy atom. The van der Waals surface area contributed by atoms with E-state index < -0.39 is 135 Å². The number of anilines is 2. The molecular formula is C33H30N6O20S6. The van der Waals surface area contributed by atoms with Crippen molar-refractivity contribution in [3.05, 3.63) is 90.5 Å². The normalized spacial score (nSPS) is 13.2. The first kappa shape index (κ1) is 50.1. The van der Waals surface area contributed by atoms with E-state index in [0.717, 1.165) is 30.3 Å². The molecule has 1 amide bonds. The highest BCUT2D eigenvalue weighted by Crippen LogP contribution is 2.48. The summed E-state index contributed by atoms with van der Waals surface area (Å²) < 4.78 is 188. The third-order valence-corrected chi connectivity index (χ3v) is 14.4. The minimum atomic E-state index is -5.30. The molecule has 0 spiro atoms. The average Bonchev–Trinajstić information content (AvgIpc) is 3.18. The summed E-state index contributed by atoms with van der Waals surface area (Å²) in [6.45, 7) is -1.80. The van der Waals surface area contributed by atoms with Gasteiger partial charge in [0.2, 0.25) is 0 Å². The van der Waals surface area contributed by atoms with Crippen molar-refractivity contribution < 1.29 is 87.0 Å². The summed E-state index contributed by atoms with van der Waals surface area (Å²) in [5.74, 6) is -3.57. The Bertz CT molecular complexity index is 3460. The van der Waals surface area contributed by atoms with Gasteiger partial charge in [-0.3, -0.25) is 23.0 Å². The molecule has 0 atom stereocenters. The number of aromatic hydroxyl groups is 1. The Balaban J connectivity index is 1.44. The lowest BCUT2D eigenvalue weighted by atomic mass is 10.1. The van der Waals surface area contributed by atoms with Gasteiger partial charge in [-0.25, -0.2) is 25.2 Å². The van der Waals surface area contributed by atoms with E-state index in [-0.39, 0.29) is 32.4 Å². The number of hydrogen-bond acceptors (Lipinski definition) is 21. The molecule has 32 heteroatoms. The summed E-state index contributed by atoms with van der Waals surface area (Å²) in [7, 11) is -28.6. The van der Waals surface area contributed by atoms with E-state index in [1.165, 1.54) is 42.5 Å². The number of carbonyl (C=O) groups excluding carboxylic acids is 1. The maximum atomic E-state index is 13.0. The molecule has 0 saturated heterocycles. The van der Waals surface area contributed by atoms with Gasteiger partial charge in [0.15, 0.2) is 25.4 Å². The number of fused-ring (bicyclic) bond motifs is 1. The van der Waals surface area contributed by atoms with Crippen LogP contribution in [0.1, 0.15) is 10.4 Å². The number of nitrogens with zero attached hydrogens (tertiary/aromatic N) is 4. The summed E-state index contributed by atoms with van der Waals surface area (Å²) in [5.41, 5.74) is 3.50. The van der Waals surface area contributed by atoms with Crippen LogP contribution in [0.2, 0.25) is 0 Å². The van der Waals surface area contributed by atoms with Crippen molar-refractivity contribution in [3.8, 4) is 5.75 Å². The monoisotopic (exact) mass is 1020 g/mol. The van der Waals surface area contributed by atoms with Crippen molar-refractivity contribution >= 4 is 112 Å². The van der Waals surface area contributed by atoms with Crippen molar-refractivity contribution in [1.82, 2.24) is 0 Å². The maximum Gasteiger partial charge on any atom is 0.397 e. The molecule has 0 aromatic heterocycles. The largest absolute Gasteiger partial charge is 0.505 e. The second-order valence-corrected chi connectivity index (χ2v) is 22.0. The number of azo groups is 2. The number of carbonyl (C=O) groups is 1. The topological polar surface area (TPSA) is 429 Å². The van der Waals surface area contributed by atoms with Gasteiger partial charge in [0.05, 0.1) is 57.0 Å². The molecule has 0 aliphatic rings. The number of nitrogen functional groups attached to an aromatic ring is 1. The first-order valence-corrected chi connectivity index (χ1v) is 26.1. The van der Waals surface area contributed by atoms with Crippen LogP contribution in [0.4, 0.5) is 34.1 Å². The first-order chi connectivity index (χ1) is 29.9. The molecular weight excluding hydrogens is 993 g/mol. The van der Waals surface area contributed by atoms with Crippen LogP contribution in [-0.2, 0) is 69.1 Å². The zero-order valence-corrected chi connectivity index (χ0v) is 37.0. The quantitative estimate of drug-likeness (QED) is 0.0372. The molecule has 8 N–H and O–H groups in total. The number of nitrogens with one attached hydrogen (secondary N) is 1. The minimum Gasteiger partial charge on any atom is -0.505 e. The summed E-state index contributed by atoms with van der Waals surface area (Å²) in [5, 5.41) is 27.9. The van der Waals surface area contributed by atoms with Gasteiger partial charge in [0, 0.05) is 11.3 Å². The lowest BCUT2D eigenvalue weighted by molar-refractivity contribution is 0.102. The van der Waals surface area contributed by atoms with E-state index >= 15 is 0 Å². The van der Waals surface area contributed by atoms with Crippen LogP contribution in [0.15, 0.2) is 125 Å². The van der Waals surface area contributed by atoms with Crippen molar-refractivity contribution in [1.29, 1.82) is 0 Å². The second-order valence-electron chi connectivity index (χ2n) is 12.8. The predicted octanol–water partition coefficient (Wildman–Crippen LogP) is 3.89. The third kappa shape index (κ3) is 13.1. The van der Waals surface area contributed by atoms with Gasteiger partial charge in [-0.15, -0.1) is 10.2 Å². The highest BCUT2D eigenvalue weighted by atomic mass is 32.3. The predicted molar refractivity (Wildman–Crippen MR) is 224 cm³/mol. The number of sulfone groups is 2. The number of rotatable bonds is 18. The molecule has 0 aliphatic heterocycles. The third-order valence-electron chi connectivity index (χ3n) is 8.35. The lowest BCUT2D eigenvalue weighted by Gasteiger charge is -2.14. The second kappa shape index (κ2) is 18.9. The maximum absolute atomic E-state index is 13.0. The van der Waals surface area contributed by atoms with Crippen molar-refractivity contribution in [2.24, 2.45) is 20.5 Å². The van der Waals surface area contributed by atoms with Crippen LogP contribution in [0.3, 0.4) is 0 Å². The van der Waals surface area contributed by atoms with Crippen molar-refractivity contribution in [3.63, 3.8) is 0 Å². The fourth-order valence-corrected chi connectivity index (χ4v) is 9.77. The van der Waals surface area contributed by atoms with E-state index in [1.807, 2.05) is 0 Å². The van der Waals surface area contributed by atoms with Crippen LogP contribution in [0, 0.1) is 0 Å². The summed E-state index contributed by atoms with van der Waals surface area (Å²) in [6, 6.07) is 15.1. The zero-order chi connectivity index (χ0) is 48.3. The molecule has 0 unspecified atom stereocenters. The fourth-order valence-electron chi connectivity index (χ4n) is 5.42. The molecule has 348 valence electrons. The van der Waals surface area contributed by atoms with Gasteiger partial charge in [-0.2, -0.15) is 43.9 Å². The molecule has 5 aromatic carbocycles. The minimum absolute atomic E-state index is 0.00487. The summed E-state index contributed by atoms with van der Waals surface area (Å²) in [6.07, 6.45) is 0. The number of amides is 1. The molecule has 0 aliphatic carbocycles. The molecule has 5 aromatic rings. The smallest absolute Gasteiger partial charge is 0.397 e. The molecule has 0 bridgehead atoms. The van der Waals surface area contributed by atoms with Crippen LogP contribution in [0.5, 0.6) is 5.75 Å². The number of nitrogens with two attached hydrogens (primary N) is 1. The van der Waals surface area contributed by atoms with Gasteiger partial charge < -0.3 is 16.2 Å². The van der Waals surface area contributed by atoms with Crippen LogP contribution >= 0.6 is 0 Å². The molecule has 0 saturated carbocycles. The molecule has 26 nitrogen and oxygen atoms in total. The number of benzene rings is 5. The van der Waals surface area contributed by atoms with Crippen LogP contribution in [0.25, 0.3) is 10.8 Å². The van der Waals surface area contributed by atoms with E-state index in [4.69, 9.17) is 14.8 Å². The summed E-state index contributed by atoms with van der Waals surface area (Å²) in [4.78, 5) is 10.1. The number of phenols is 1. The molecule has 0 radical (unpaired) electrons. The van der Waals surface area contributed by atoms with Crippen LogP contribution in [-0.4, -0.2) is 104 Å². The molecule has 0 fully saturated rings. The highest BCUT2D eigenvalue weighted by molar-refractivity contribution is 7.91. The Kier molecular flexibility index (Phi) is 14.6. The van der Waals surface area contributed by atoms with Crippen molar-refractivity contribution in [2.45, 2.75) is 19.6 Å². The van der Waals surface area contributed by atoms with Gasteiger partial charge in [-0.05, 0) is 84.2 Å². The van der Waals surface area contributed by atoms with E-state index in [1.54, 1.807) is 0 Å². The Morgan fingerprint density at radius 3 is 1.54 bits per heavy atom. The SMILES string of the molecule is Nc1c(N=Nc2ccc(C(=O)Nc3cccc(S(=O)(=O)CCOS(=O)(=O)O)c3)cc2)c(S(=O)(=O)O)cc2cc(S(=O)(=O)O)c(N=Nc3ccc(S(=O)(=O)CCOS(=O)(=O)O)cc3)c(O)c12. The number of phenolic OH excluding ortho intramolecular Hbond substituents is 1. The standard InChI is InChI=1S/C33H30N6O20S6/c34-29-28-20(17-27(63(49,50)51)31(32(28)40)39-37-22-8-10-24(11-9-22)60(42,43)14-12-58-64(52,53)54)16-26(62(46,47)48)30(29)38-36-21-6-4-19(5-7-21)33(41)35-23-2-1-3-25(18-23)61(44,45)15-13-59-65(55,56)57/h1-11,16-18,40H,12-15,34H2,(H,35,41)(H,46,47,48)(H,49,50,51)(H,52,53,54)(H,55,56,57). The van der Waals surface area contributed by atoms with Gasteiger partial charge >= 0.3 is 20.8 Å². The fraction of sp³-hybridized carbons (Fsp3) is 0.121. The summed E-state index contributed by atoms with van der Waals surface area (Å²) >= 11 is 0. The Labute approximate surface area is 368 Å². The number of hydrogen-bond donors (Lipinski definition) is 7. The Morgan fingerprint density at radius 2 is 1.05 bits per heavy atom. The lowest BCUT2D eigenvalue weighted by Crippen LogP contribution is -2.16. The first-order valence-electron chi connectivity index (χ1n) is 17.2. The zero-order valence-electron chi connectivity index (χ0n) is 32.1. The van der Waals surface area contributed by atoms with Gasteiger partial charge in [-0.1, -0.05) is 6.07 Å². The van der Waals surface area contributed by atoms with Crippen molar-refractivity contribution in [2.75, 3.05) is 35.8 Å². The average molecular weight is 1020 g/mol. The Hall–Kier alpha value is -5.91. The molecule has 65 heavy (non-hydrogen) atoms.